The van der Waals surface area contributed by atoms with E-state index in [-0.39, 0.29) is 5.92 Å². The van der Waals surface area contributed by atoms with E-state index >= 15 is 0 Å². The minimum Gasteiger partial charge on any atom is -0.380 e. The van der Waals surface area contributed by atoms with Crippen LogP contribution in [0, 0.1) is 11.8 Å². The molecule has 1 N–H and O–H groups in total. The van der Waals surface area contributed by atoms with Gasteiger partial charge in [0, 0.05) is 14.2 Å². The van der Waals surface area contributed by atoms with Gasteiger partial charge >= 0.3 is 7.60 Å². The maximum atomic E-state index is 11.6. The lowest BCUT2D eigenvalue weighted by Crippen LogP contribution is -2.13. The van der Waals surface area contributed by atoms with Crippen LogP contribution >= 0.6 is 7.60 Å². The SMILES string of the molecule is COP(=O)(OC)C(O)C1CC1C. The summed E-state index contributed by atoms with van der Waals surface area (Å²) in [6.07, 6.45) is 0.901. The summed E-state index contributed by atoms with van der Waals surface area (Å²) in [4.78, 5) is 0. The highest BCUT2D eigenvalue weighted by molar-refractivity contribution is 7.54. The topological polar surface area (TPSA) is 55.8 Å². The van der Waals surface area contributed by atoms with Gasteiger partial charge in [-0.3, -0.25) is 4.57 Å². The number of hydrogen-bond donors (Lipinski definition) is 1. The summed E-state index contributed by atoms with van der Waals surface area (Å²) in [5, 5.41) is 9.57. The van der Waals surface area contributed by atoms with E-state index in [4.69, 9.17) is 0 Å². The minimum absolute atomic E-state index is 0.0794. The van der Waals surface area contributed by atoms with Crippen LogP contribution in [-0.2, 0) is 13.6 Å². The largest absolute Gasteiger partial charge is 0.380 e. The van der Waals surface area contributed by atoms with Gasteiger partial charge in [0.1, 0.15) is 0 Å². The molecule has 1 aliphatic carbocycles. The molecule has 0 aromatic heterocycles. The van der Waals surface area contributed by atoms with Crippen molar-refractivity contribution < 1.29 is 18.7 Å². The molecule has 3 atom stereocenters. The molecule has 1 rings (SSSR count). The van der Waals surface area contributed by atoms with Crippen LogP contribution in [0.4, 0.5) is 0 Å². The molecule has 0 aromatic carbocycles. The van der Waals surface area contributed by atoms with Gasteiger partial charge in [-0.05, 0) is 18.3 Å². The van der Waals surface area contributed by atoms with E-state index in [0.29, 0.717) is 5.92 Å². The van der Waals surface area contributed by atoms with Crippen LogP contribution in [-0.4, -0.2) is 25.2 Å². The molecular weight excluding hydrogens is 179 g/mol. The first kappa shape index (κ1) is 10.2. The third kappa shape index (κ3) is 1.72. The Morgan fingerprint density at radius 1 is 1.50 bits per heavy atom. The molecule has 72 valence electrons. The predicted molar refractivity (Wildman–Crippen MR) is 44.9 cm³/mol. The van der Waals surface area contributed by atoms with Crippen molar-refractivity contribution in [1.82, 2.24) is 0 Å². The first-order valence-corrected chi connectivity index (χ1v) is 5.55. The molecule has 0 radical (unpaired) electrons. The van der Waals surface area contributed by atoms with Crippen molar-refractivity contribution in [1.29, 1.82) is 0 Å². The van der Waals surface area contributed by atoms with Gasteiger partial charge in [0.25, 0.3) is 0 Å². The maximum absolute atomic E-state index is 11.6. The Hall–Kier alpha value is 0.110. The fourth-order valence-corrected chi connectivity index (χ4v) is 2.76. The molecule has 0 bridgehead atoms. The van der Waals surface area contributed by atoms with Gasteiger partial charge in [0.05, 0.1) is 0 Å². The highest BCUT2D eigenvalue weighted by Gasteiger charge is 2.48. The number of hydrogen-bond acceptors (Lipinski definition) is 4. The third-order valence-electron chi connectivity index (χ3n) is 2.39. The summed E-state index contributed by atoms with van der Waals surface area (Å²) in [6.45, 7) is 2.00. The van der Waals surface area contributed by atoms with Gasteiger partial charge in [0.2, 0.25) is 0 Å². The van der Waals surface area contributed by atoms with E-state index in [1.165, 1.54) is 14.2 Å². The lowest BCUT2D eigenvalue weighted by molar-refractivity contribution is 0.155. The van der Waals surface area contributed by atoms with E-state index in [9.17, 15) is 9.67 Å². The predicted octanol–water partition coefficient (Wildman–Crippen LogP) is 1.45. The van der Waals surface area contributed by atoms with E-state index in [1.807, 2.05) is 6.92 Å². The molecule has 5 heteroatoms. The highest BCUT2D eigenvalue weighted by Crippen LogP contribution is 2.59. The smallest absolute Gasteiger partial charge is 0.358 e. The van der Waals surface area contributed by atoms with Gasteiger partial charge in [-0.2, -0.15) is 0 Å². The van der Waals surface area contributed by atoms with Crippen LogP contribution in [0.25, 0.3) is 0 Å². The Bertz CT molecular complexity index is 198. The van der Waals surface area contributed by atoms with Crippen molar-refractivity contribution in [2.75, 3.05) is 14.2 Å². The molecule has 0 saturated heterocycles. The average Bonchev–Trinajstić information content (AvgIpc) is 2.80. The zero-order valence-electron chi connectivity index (χ0n) is 7.56. The fourth-order valence-electron chi connectivity index (χ4n) is 1.29. The molecule has 1 saturated carbocycles. The Morgan fingerprint density at radius 2 is 1.92 bits per heavy atom. The molecule has 1 fully saturated rings. The normalized spacial score (nSPS) is 31.7. The average molecular weight is 194 g/mol. The van der Waals surface area contributed by atoms with E-state index in [2.05, 4.69) is 9.05 Å². The second kappa shape index (κ2) is 3.46. The van der Waals surface area contributed by atoms with Gasteiger partial charge in [0.15, 0.2) is 5.85 Å². The second-order valence-corrected chi connectivity index (χ2v) is 5.53. The number of rotatable bonds is 4. The molecule has 0 aliphatic heterocycles. The zero-order valence-corrected chi connectivity index (χ0v) is 8.45. The van der Waals surface area contributed by atoms with Crippen molar-refractivity contribution in [2.24, 2.45) is 11.8 Å². The van der Waals surface area contributed by atoms with Crippen molar-refractivity contribution in [3.63, 3.8) is 0 Å². The lowest BCUT2D eigenvalue weighted by atomic mass is 10.4. The minimum atomic E-state index is -3.25. The van der Waals surface area contributed by atoms with Crippen LogP contribution < -0.4 is 0 Å². The summed E-state index contributed by atoms with van der Waals surface area (Å²) in [5.74, 6) is -0.447. The van der Waals surface area contributed by atoms with E-state index < -0.39 is 13.4 Å². The molecule has 0 spiro atoms. The molecule has 1 aliphatic rings. The van der Waals surface area contributed by atoms with Gasteiger partial charge in [-0.15, -0.1) is 0 Å². The first-order chi connectivity index (χ1) is 5.55. The van der Waals surface area contributed by atoms with E-state index in [1.54, 1.807) is 0 Å². The summed E-state index contributed by atoms with van der Waals surface area (Å²) in [5.41, 5.74) is 0. The molecule has 0 amide bonds. The van der Waals surface area contributed by atoms with Gasteiger partial charge < -0.3 is 14.2 Å². The van der Waals surface area contributed by atoms with Crippen molar-refractivity contribution in [3.05, 3.63) is 0 Å². The Morgan fingerprint density at radius 3 is 2.17 bits per heavy atom. The monoisotopic (exact) mass is 194 g/mol. The molecule has 12 heavy (non-hydrogen) atoms. The van der Waals surface area contributed by atoms with Crippen molar-refractivity contribution >= 4 is 7.60 Å². The molecular formula is C7H15O4P. The number of aliphatic hydroxyl groups is 1. The Balaban J connectivity index is 2.60. The van der Waals surface area contributed by atoms with E-state index in [0.717, 1.165) is 6.42 Å². The zero-order chi connectivity index (χ0) is 9.35. The van der Waals surface area contributed by atoms with Crippen LogP contribution in [0.3, 0.4) is 0 Å². The van der Waals surface area contributed by atoms with Gasteiger partial charge in [-0.1, -0.05) is 6.92 Å². The standard InChI is InChI=1S/C7H15O4P/c1-5-4-6(5)7(8)12(9,10-2)11-3/h5-8H,4H2,1-3H3. The quantitative estimate of drug-likeness (QED) is 0.688. The van der Waals surface area contributed by atoms with Gasteiger partial charge in [-0.25, -0.2) is 0 Å². The fraction of sp³-hybridized carbons (Fsp3) is 1.00. The summed E-state index contributed by atoms with van der Waals surface area (Å²) >= 11 is 0. The second-order valence-electron chi connectivity index (χ2n) is 3.20. The van der Waals surface area contributed by atoms with Crippen LogP contribution in [0.5, 0.6) is 0 Å². The molecule has 0 aromatic rings. The van der Waals surface area contributed by atoms with Crippen molar-refractivity contribution in [2.45, 2.75) is 19.2 Å². The Labute approximate surface area is 72.4 Å². The maximum Gasteiger partial charge on any atom is 0.358 e. The summed E-state index contributed by atoms with van der Waals surface area (Å²) in [6, 6.07) is 0. The molecule has 0 heterocycles. The van der Waals surface area contributed by atoms with Crippen molar-refractivity contribution in [3.8, 4) is 0 Å². The van der Waals surface area contributed by atoms with Crippen LogP contribution in [0.15, 0.2) is 0 Å². The molecule has 4 nitrogen and oxygen atoms in total. The third-order valence-corrected chi connectivity index (χ3v) is 4.44. The Kier molecular flexibility index (Phi) is 2.94. The highest BCUT2D eigenvalue weighted by atomic mass is 31.2. The van der Waals surface area contributed by atoms with Crippen LogP contribution in [0.1, 0.15) is 13.3 Å². The first-order valence-electron chi connectivity index (χ1n) is 3.94. The summed E-state index contributed by atoms with van der Waals surface area (Å²) < 4.78 is 20.9. The number of aliphatic hydroxyl groups excluding tert-OH is 1. The lowest BCUT2D eigenvalue weighted by Gasteiger charge is -2.19. The summed E-state index contributed by atoms with van der Waals surface area (Å²) in [7, 11) is -0.663. The van der Waals surface area contributed by atoms with Crippen LogP contribution in [0.2, 0.25) is 0 Å². The molecule has 3 unspecified atom stereocenters.